The Labute approximate surface area is 195 Å². The lowest BCUT2D eigenvalue weighted by atomic mass is 9.79. The van der Waals surface area contributed by atoms with E-state index < -0.39 is 33.2 Å². The molecule has 0 amide bonds. The van der Waals surface area contributed by atoms with E-state index in [1.54, 1.807) is 30.3 Å². The maximum absolute atomic E-state index is 13.3. The van der Waals surface area contributed by atoms with Crippen molar-refractivity contribution < 1.29 is 19.2 Å². The van der Waals surface area contributed by atoms with E-state index in [-0.39, 0.29) is 33.4 Å². The lowest BCUT2D eigenvalue weighted by Gasteiger charge is -2.23. The maximum Gasteiger partial charge on any atom is 0.205 e. The molecule has 2 aromatic carbocycles. The summed E-state index contributed by atoms with van der Waals surface area (Å²) in [6, 6.07) is 11.2. The van der Waals surface area contributed by atoms with Crippen LogP contribution in [0.3, 0.4) is 0 Å². The van der Waals surface area contributed by atoms with Crippen LogP contribution >= 0.6 is 23.2 Å². The summed E-state index contributed by atoms with van der Waals surface area (Å²) in [5, 5.41) is -0.817. The van der Waals surface area contributed by atoms with Crippen molar-refractivity contribution in [3.8, 4) is 0 Å². The standard InChI is InChI=1S/C26H18Cl2O4/c1-13(2)6-5-7-14-10-11-17-18(12-14)26(32)22(28)20(24(17)30)19-21(27)25(31)16-9-4-3-8-15(16)23(19)29/h3-4,6,8-12H,5,7H2,1-2H3. The van der Waals surface area contributed by atoms with Crippen molar-refractivity contribution in [2.75, 3.05) is 0 Å². The van der Waals surface area contributed by atoms with Crippen LogP contribution in [0.5, 0.6) is 0 Å². The minimum atomic E-state index is -0.610. The van der Waals surface area contributed by atoms with Gasteiger partial charge in [0.2, 0.25) is 11.6 Å². The first-order chi connectivity index (χ1) is 15.2. The van der Waals surface area contributed by atoms with E-state index in [4.69, 9.17) is 23.2 Å². The van der Waals surface area contributed by atoms with Crippen molar-refractivity contribution in [1.82, 2.24) is 0 Å². The molecule has 0 aliphatic heterocycles. The summed E-state index contributed by atoms with van der Waals surface area (Å²) in [7, 11) is 0. The first-order valence-electron chi connectivity index (χ1n) is 10.1. The van der Waals surface area contributed by atoms with Crippen molar-refractivity contribution >= 4 is 46.3 Å². The molecule has 2 aliphatic rings. The molecule has 0 saturated heterocycles. The maximum atomic E-state index is 13.3. The van der Waals surface area contributed by atoms with Crippen LogP contribution < -0.4 is 0 Å². The molecule has 0 spiro atoms. The van der Waals surface area contributed by atoms with Crippen LogP contribution in [0.1, 0.15) is 67.3 Å². The summed E-state index contributed by atoms with van der Waals surface area (Å²) in [4.78, 5) is 52.3. The Bertz CT molecular complexity index is 1320. The zero-order chi connectivity index (χ0) is 23.2. The van der Waals surface area contributed by atoms with Gasteiger partial charge < -0.3 is 0 Å². The Hall–Kier alpha value is -3.08. The van der Waals surface area contributed by atoms with Gasteiger partial charge in [-0.05, 0) is 38.3 Å². The van der Waals surface area contributed by atoms with Crippen LogP contribution in [0.25, 0.3) is 0 Å². The second-order valence-electron chi connectivity index (χ2n) is 7.94. The van der Waals surface area contributed by atoms with Gasteiger partial charge in [0.1, 0.15) is 10.1 Å². The summed E-state index contributed by atoms with van der Waals surface area (Å²) < 4.78 is 0. The summed E-state index contributed by atoms with van der Waals surface area (Å²) in [6.07, 6.45) is 3.60. The highest BCUT2D eigenvalue weighted by atomic mass is 35.5. The average molecular weight is 465 g/mol. The first-order valence-corrected chi connectivity index (χ1v) is 10.8. The quantitative estimate of drug-likeness (QED) is 0.517. The summed E-state index contributed by atoms with van der Waals surface area (Å²) >= 11 is 12.6. The summed E-state index contributed by atoms with van der Waals surface area (Å²) in [6.45, 7) is 4.02. The second kappa shape index (κ2) is 8.45. The minimum absolute atomic E-state index is 0.120. The number of rotatable bonds is 4. The van der Waals surface area contributed by atoms with Gasteiger partial charge in [0.25, 0.3) is 0 Å². The molecule has 0 radical (unpaired) electrons. The lowest BCUT2D eigenvalue weighted by Crippen LogP contribution is -2.28. The molecule has 2 aromatic rings. The average Bonchev–Trinajstić information content (AvgIpc) is 2.78. The van der Waals surface area contributed by atoms with Crippen LogP contribution in [0.2, 0.25) is 0 Å². The number of halogens is 2. The predicted octanol–water partition coefficient (Wildman–Crippen LogP) is 6.03. The van der Waals surface area contributed by atoms with Crippen LogP contribution in [0.15, 0.2) is 75.3 Å². The predicted molar refractivity (Wildman–Crippen MR) is 124 cm³/mol. The van der Waals surface area contributed by atoms with Gasteiger partial charge in [-0.3, -0.25) is 19.2 Å². The number of fused-ring (bicyclic) bond motifs is 2. The van der Waals surface area contributed by atoms with Crippen LogP contribution in [-0.4, -0.2) is 23.1 Å². The number of benzene rings is 2. The van der Waals surface area contributed by atoms with E-state index in [1.807, 2.05) is 13.8 Å². The van der Waals surface area contributed by atoms with Gasteiger partial charge in [-0.15, -0.1) is 0 Å². The molecule has 6 heteroatoms. The molecule has 0 atom stereocenters. The highest BCUT2D eigenvalue weighted by Gasteiger charge is 2.40. The van der Waals surface area contributed by atoms with E-state index in [0.29, 0.717) is 6.42 Å². The SMILES string of the molecule is CC(C)=CCCc1ccc2c(c1)C(=O)C(Cl)=C(C1=C(Cl)C(=O)c3ccccc3C1=O)C2=O. The molecule has 2 aliphatic carbocycles. The lowest BCUT2D eigenvalue weighted by molar-refractivity contribution is 0.0959. The number of aryl methyl sites for hydroxylation is 1. The van der Waals surface area contributed by atoms with E-state index >= 15 is 0 Å². The van der Waals surface area contributed by atoms with Crippen molar-refractivity contribution in [1.29, 1.82) is 0 Å². The van der Waals surface area contributed by atoms with E-state index in [0.717, 1.165) is 12.0 Å². The molecule has 0 fully saturated rings. The van der Waals surface area contributed by atoms with Crippen molar-refractivity contribution in [2.24, 2.45) is 0 Å². The molecule has 4 rings (SSSR count). The smallest absolute Gasteiger partial charge is 0.205 e. The largest absolute Gasteiger partial charge is 0.289 e. The second-order valence-corrected chi connectivity index (χ2v) is 8.70. The normalized spacial score (nSPS) is 15.8. The van der Waals surface area contributed by atoms with Crippen molar-refractivity contribution in [2.45, 2.75) is 26.7 Å². The molecular formula is C26H18Cl2O4. The molecule has 0 saturated carbocycles. The van der Waals surface area contributed by atoms with Gasteiger partial charge in [-0.25, -0.2) is 0 Å². The van der Waals surface area contributed by atoms with Crippen LogP contribution in [0, 0.1) is 0 Å². The van der Waals surface area contributed by atoms with Crippen molar-refractivity contribution in [3.05, 3.63) is 103 Å². The molecule has 0 heterocycles. The number of Topliss-reactive ketones (excluding diaryl/α,β-unsaturated/α-hetero) is 4. The first kappa shape index (κ1) is 22.1. The number of hydrogen-bond donors (Lipinski definition) is 0. The van der Waals surface area contributed by atoms with E-state index in [9.17, 15) is 19.2 Å². The number of allylic oxidation sites excluding steroid dienone is 6. The highest BCUT2D eigenvalue weighted by molar-refractivity contribution is 6.55. The topological polar surface area (TPSA) is 68.3 Å². The zero-order valence-electron chi connectivity index (χ0n) is 17.4. The fraction of sp³-hybridized carbons (Fsp3) is 0.154. The van der Waals surface area contributed by atoms with Gasteiger partial charge in [0.05, 0.1) is 11.1 Å². The fourth-order valence-electron chi connectivity index (χ4n) is 3.92. The summed E-state index contributed by atoms with van der Waals surface area (Å²) in [5.74, 6) is -2.37. The fourth-order valence-corrected chi connectivity index (χ4v) is 4.48. The Kier molecular flexibility index (Phi) is 5.85. The molecule has 0 bridgehead atoms. The van der Waals surface area contributed by atoms with Gasteiger partial charge >= 0.3 is 0 Å². The molecular weight excluding hydrogens is 447 g/mol. The highest BCUT2D eigenvalue weighted by Crippen LogP contribution is 2.39. The molecule has 0 unspecified atom stereocenters. The Balaban J connectivity index is 1.79. The zero-order valence-corrected chi connectivity index (χ0v) is 18.9. The summed E-state index contributed by atoms with van der Waals surface area (Å²) in [5.41, 5.74) is 2.04. The van der Waals surface area contributed by atoms with Gasteiger partial charge in [0, 0.05) is 22.3 Å². The van der Waals surface area contributed by atoms with Crippen LogP contribution in [-0.2, 0) is 6.42 Å². The number of carbonyl (C=O) groups excluding carboxylic acids is 4. The Morgan fingerprint density at radius 2 is 1.22 bits per heavy atom. The molecule has 0 N–H and O–H groups in total. The van der Waals surface area contributed by atoms with Crippen molar-refractivity contribution in [3.63, 3.8) is 0 Å². The molecule has 0 aromatic heterocycles. The molecule has 4 nitrogen and oxygen atoms in total. The van der Waals surface area contributed by atoms with Crippen LogP contribution in [0.4, 0.5) is 0 Å². The third-order valence-electron chi connectivity index (χ3n) is 5.52. The third kappa shape index (κ3) is 3.60. The van der Waals surface area contributed by atoms with E-state index in [2.05, 4.69) is 6.08 Å². The van der Waals surface area contributed by atoms with Gasteiger partial charge in [-0.1, -0.05) is 71.2 Å². The monoisotopic (exact) mass is 464 g/mol. The Morgan fingerprint density at radius 3 is 1.78 bits per heavy atom. The van der Waals surface area contributed by atoms with E-state index in [1.165, 1.54) is 17.7 Å². The molecule has 32 heavy (non-hydrogen) atoms. The minimum Gasteiger partial charge on any atom is -0.289 e. The van der Waals surface area contributed by atoms with Gasteiger partial charge in [-0.2, -0.15) is 0 Å². The molecule has 160 valence electrons. The van der Waals surface area contributed by atoms with Gasteiger partial charge in [0.15, 0.2) is 11.6 Å². The number of hydrogen-bond acceptors (Lipinski definition) is 4. The third-order valence-corrected chi connectivity index (χ3v) is 6.24. The Morgan fingerprint density at radius 1 is 0.719 bits per heavy atom. The number of carbonyl (C=O) groups is 4. The number of ketones is 4.